The van der Waals surface area contributed by atoms with E-state index in [0.717, 1.165) is 5.56 Å². The molecular weight excluding hydrogens is 249 g/mol. The molecule has 0 fully saturated rings. The molecule has 0 radical (unpaired) electrons. The molecular formula is C13H12FN3S. The molecule has 1 aromatic heterocycles. The number of thiophene rings is 1. The fourth-order valence-corrected chi connectivity index (χ4v) is 2.86. The van der Waals surface area contributed by atoms with Crippen LogP contribution >= 0.6 is 11.3 Å². The molecule has 0 aliphatic carbocycles. The molecule has 1 aliphatic rings. The van der Waals surface area contributed by atoms with Crippen LogP contribution in [0.1, 0.15) is 11.6 Å². The number of guanidine groups is 1. The van der Waals surface area contributed by atoms with Crippen molar-refractivity contribution in [1.82, 2.24) is 0 Å². The van der Waals surface area contributed by atoms with E-state index in [9.17, 15) is 4.39 Å². The minimum absolute atomic E-state index is 0.00634. The van der Waals surface area contributed by atoms with Crippen molar-refractivity contribution in [2.75, 3.05) is 11.4 Å². The second-order valence-corrected chi connectivity index (χ2v) is 4.87. The monoisotopic (exact) mass is 261 g/mol. The van der Waals surface area contributed by atoms with Gasteiger partial charge in [-0.2, -0.15) is 11.3 Å². The van der Waals surface area contributed by atoms with Crippen molar-refractivity contribution in [3.63, 3.8) is 0 Å². The largest absolute Gasteiger partial charge is 0.369 e. The summed E-state index contributed by atoms with van der Waals surface area (Å²) in [6.07, 6.45) is 0. The number of anilines is 1. The summed E-state index contributed by atoms with van der Waals surface area (Å²) >= 11 is 1.62. The number of nitrogens with two attached hydrogens (primary N) is 1. The zero-order valence-corrected chi connectivity index (χ0v) is 10.4. The van der Waals surface area contributed by atoms with E-state index in [1.165, 1.54) is 6.07 Å². The van der Waals surface area contributed by atoms with Gasteiger partial charge in [0.25, 0.3) is 0 Å². The third-order valence-corrected chi connectivity index (χ3v) is 3.73. The lowest BCUT2D eigenvalue weighted by molar-refractivity contribution is 0.619. The summed E-state index contributed by atoms with van der Waals surface area (Å²) in [7, 11) is 0. The highest BCUT2D eigenvalue weighted by atomic mass is 32.1. The number of benzene rings is 1. The van der Waals surface area contributed by atoms with Crippen molar-refractivity contribution in [3.8, 4) is 0 Å². The first kappa shape index (κ1) is 11.2. The van der Waals surface area contributed by atoms with Crippen molar-refractivity contribution in [2.24, 2.45) is 10.7 Å². The van der Waals surface area contributed by atoms with Gasteiger partial charge in [-0.15, -0.1) is 0 Å². The predicted octanol–water partition coefficient (Wildman–Crippen LogP) is 2.76. The zero-order chi connectivity index (χ0) is 12.5. The number of para-hydroxylation sites is 1. The molecule has 1 aliphatic heterocycles. The first-order valence-corrected chi connectivity index (χ1v) is 6.57. The number of aliphatic imine (C=N–C) groups is 1. The second-order valence-electron chi connectivity index (χ2n) is 4.09. The lowest BCUT2D eigenvalue weighted by Gasteiger charge is -2.26. The maximum Gasteiger partial charge on any atom is 0.196 e. The Bertz CT molecular complexity index is 580. The molecule has 1 atom stereocenters. The van der Waals surface area contributed by atoms with Gasteiger partial charge in [0.1, 0.15) is 5.82 Å². The van der Waals surface area contributed by atoms with Gasteiger partial charge in [-0.05, 0) is 34.5 Å². The van der Waals surface area contributed by atoms with Gasteiger partial charge in [-0.25, -0.2) is 4.39 Å². The SMILES string of the molecule is NC1=NCC(c2ccsc2)N1c1ccccc1F. The third-order valence-electron chi connectivity index (χ3n) is 3.02. The Labute approximate surface area is 108 Å². The molecule has 0 saturated heterocycles. The van der Waals surface area contributed by atoms with Gasteiger partial charge in [-0.3, -0.25) is 4.99 Å². The van der Waals surface area contributed by atoms with Gasteiger partial charge in [-0.1, -0.05) is 12.1 Å². The van der Waals surface area contributed by atoms with Crippen LogP contribution in [0, 0.1) is 5.82 Å². The van der Waals surface area contributed by atoms with Crippen LogP contribution in [0.3, 0.4) is 0 Å². The molecule has 2 heterocycles. The minimum Gasteiger partial charge on any atom is -0.369 e. The molecule has 3 rings (SSSR count). The third kappa shape index (κ3) is 1.76. The molecule has 92 valence electrons. The number of hydrogen-bond donors (Lipinski definition) is 1. The Morgan fingerprint density at radius 2 is 2.17 bits per heavy atom. The lowest BCUT2D eigenvalue weighted by Crippen LogP contribution is -2.36. The Morgan fingerprint density at radius 1 is 1.33 bits per heavy atom. The smallest absolute Gasteiger partial charge is 0.196 e. The Hall–Kier alpha value is -1.88. The average molecular weight is 261 g/mol. The van der Waals surface area contributed by atoms with Crippen molar-refractivity contribution in [1.29, 1.82) is 0 Å². The van der Waals surface area contributed by atoms with Crippen molar-refractivity contribution >= 4 is 23.0 Å². The maximum absolute atomic E-state index is 13.9. The molecule has 18 heavy (non-hydrogen) atoms. The molecule has 2 N–H and O–H groups in total. The van der Waals surface area contributed by atoms with Crippen LogP contribution in [0.5, 0.6) is 0 Å². The highest BCUT2D eigenvalue weighted by Gasteiger charge is 2.30. The molecule has 1 unspecified atom stereocenters. The van der Waals surface area contributed by atoms with Gasteiger partial charge < -0.3 is 10.6 Å². The van der Waals surface area contributed by atoms with E-state index < -0.39 is 0 Å². The predicted molar refractivity (Wildman–Crippen MR) is 72.4 cm³/mol. The van der Waals surface area contributed by atoms with Crippen LogP contribution in [-0.2, 0) is 0 Å². The van der Waals surface area contributed by atoms with Crippen LogP contribution in [0.4, 0.5) is 10.1 Å². The van der Waals surface area contributed by atoms with E-state index in [1.54, 1.807) is 34.4 Å². The highest BCUT2D eigenvalue weighted by molar-refractivity contribution is 7.08. The van der Waals surface area contributed by atoms with Crippen molar-refractivity contribution in [3.05, 3.63) is 52.5 Å². The van der Waals surface area contributed by atoms with Gasteiger partial charge in [0.05, 0.1) is 18.3 Å². The van der Waals surface area contributed by atoms with E-state index in [-0.39, 0.29) is 11.9 Å². The molecule has 0 saturated carbocycles. The standard InChI is InChI=1S/C13H12FN3S/c14-10-3-1-2-4-11(10)17-12(7-16-13(17)15)9-5-6-18-8-9/h1-6,8,12H,7H2,(H2,15,16). The molecule has 1 aromatic carbocycles. The highest BCUT2D eigenvalue weighted by Crippen LogP contribution is 2.33. The molecule has 0 amide bonds. The zero-order valence-electron chi connectivity index (χ0n) is 9.58. The normalized spacial score (nSPS) is 19.1. The van der Waals surface area contributed by atoms with E-state index >= 15 is 0 Å². The summed E-state index contributed by atoms with van der Waals surface area (Å²) in [6, 6.07) is 8.65. The number of hydrogen-bond acceptors (Lipinski definition) is 4. The van der Waals surface area contributed by atoms with E-state index in [4.69, 9.17) is 5.73 Å². The van der Waals surface area contributed by atoms with E-state index in [0.29, 0.717) is 18.2 Å². The topological polar surface area (TPSA) is 41.6 Å². The molecule has 5 heteroatoms. The van der Waals surface area contributed by atoms with Crippen molar-refractivity contribution < 1.29 is 4.39 Å². The fraction of sp³-hybridized carbons (Fsp3) is 0.154. The Balaban J connectivity index is 2.03. The first-order valence-electron chi connectivity index (χ1n) is 5.63. The number of nitrogens with zero attached hydrogens (tertiary/aromatic N) is 2. The molecule has 3 nitrogen and oxygen atoms in total. The van der Waals surface area contributed by atoms with Gasteiger partial charge in [0, 0.05) is 0 Å². The lowest BCUT2D eigenvalue weighted by atomic mass is 10.1. The van der Waals surface area contributed by atoms with Crippen molar-refractivity contribution in [2.45, 2.75) is 6.04 Å². The molecule has 0 spiro atoms. The Morgan fingerprint density at radius 3 is 2.89 bits per heavy atom. The van der Waals surface area contributed by atoms with Gasteiger partial charge in [0.15, 0.2) is 5.96 Å². The summed E-state index contributed by atoms with van der Waals surface area (Å²) in [5.74, 6) is 0.0917. The summed E-state index contributed by atoms with van der Waals surface area (Å²) in [4.78, 5) is 5.99. The van der Waals surface area contributed by atoms with Crippen LogP contribution in [0.2, 0.25) is 0 Å². The summed E-state index contributed by atoms with van der Waals surface area (Å²) < 4.78 is 13.9. The molecule has 0 bridgehead atoms. The Kier molecular flexibility index (Phi) is 2.76. The second kappa shape index (κ2) is 4.42. The quantitative estimate of drug-likeness (QED) is 0.903. The number of halogens is 1. The summed E-state index contributed by atoms with van der Waals surface area (Å²) in [6.45, 7) is 0.566. The minimum atomic E-state index is -0.280. The fourth-order valence-electron chi connectivity index (χ4n) is 2.15. The summed E-state index contributed by atoms with van der Waals surface area (Å²) in [5.41, 5.74) is 7.49. The van der Waals surface area contributed by atoms with Crippen LogP contribution in [0.25, 0.3) is 0 Å². The maximum atomic E-state index is 13.9. The van der Waals surface area contributed by atoms with Crippen LogP contribution in [0.15, 0.2) is 46.1 Å². The summed E-state index contributed by atoms with van der Waals surface area (Å²) in [5, 5.41) is 4.05. The molecule has 2 aromatic rings. The van der Waals surface area contributed by atoms with E-state index in [1.807, 2.05) is 16.8 Å². The van der Waals surface area contributed by atoms with Gasteiger partial charge >= 0.3 is 0 Å². The first-order chi connectivity index (χ1) is 8.77. The number of rotatable bonds is 2. The van der Waals surface area contributed by atoms with Crippen LogP contribution in [-0.4, -0.2) is 12.5 Å². The van der Waals surface area contributed by atoms with Crippen LogP contribution < -0.4 is 10.6 Å². The van der Waals surface area contributed by atoms with Gasteiger partial charge in [0.2, 0.25) is 0 Å². The van der Waals surface area contributed by atoms with E-state index in [2.05, 4.69) is 4.99 Å². The average Bonchev–Trinajstić information content (AvgIpc) is 2.99.